The van der Waals surface area contributed by atoms with Gasteiger partial charge in [0.25, 0.3) is 0 Å². The molecule has 0 amide bonds. The molecule has 4 rings (SSSR count). The Bertz CT molecular complexity index is 943. The smallest absolute Gasteiger partial charge is 0.313 e. The zero-order chi connectivity index (χ0) is 17.6. The summed E-state index contributed by atoms with van der Waals surface area (Å²) in [6.07, 6.45) is 0. The van der Waals surface area contributed by atoms with Gasteiger partial charge < -0.3 is 10.1 Å². The van der Waals surface area contributed by atoms with Crippen molar-refractivity contribution in [3.8, 4) is 0 Å². The Labute approximate surface area is 147 Å². The number of rotatable bonds is 3. The van der Waals surface area contributed by atoms with Gasteiger partial charge in [0.15, 0.2) is 0 Å². The van der Waals surface area contributed by atoms with E-state index in [9.17, 15) is 9.90 Å². The van der Waals surface area contributed by atoms with E-state index in [1.54, 1.807) is 0 Å². The number of H-pyrrole nitrogens is 1. The summed E-state index contributed by atoms with van der Waals surface area (Å²) in [7, 11) is 0. The molecule has 1 aliphatic rings. The van der Waals surface area contributed by atoms with Gasteiger partial charge >= 0.3 is 5.97 Å². The fourth-order valence-corrected chi connectivity index (χ4v) is 3.85. The van der Waals surface area contributed by atoms with Crippen molar-refractivity contribution in [3.63, 3.8) is 0 Å². The number of carbonyl (C=O) groups is 1. The van der Waals surface area contributed by atoms with Crippen LogP contribution in [-0.2, 0) is 17.9 Å². The van der Waals surface area contributed by atoms with Crippen LogP contribution < -0.4 is 0 Å². The Morgan fingerprint density at radius 1 is 1.20 bits per heavy atom. The van der Waals surface area contributed by atoms with Gasteiger partial charge in [-0.2, -0.15) is 0 Å². The van der Waals surface area contributed by atoms with Crippen LogP contribution in [0.4, 0.5) is 0 Å². The molecule has 1 unspecified atom stereocenters. The number of hydrogen-bond acceptors (Lipinski definition) is 2. The molecular formula is C21H22N2O2. The molecule has 0 aliphatic carbocycles. The molecule has 2 N–H and O–H groups in total. The predicted octanol–water partition coefficient (Wildman–Crippen LogP) is 3.97. The molecule has 0 bridgehead atoms. The molecule has 2 aromatic carbocycles. The lowest BCUT2D eigenvalue weighted by Gasteiger charge is -2.31. The Balaban J connectivity index is 1.78. The summed E-state index contributed by atoms with van der Waals surface area (Å²) in [5, 5.41) is 10.9. The van der Waals surface area contributed by atoms with Gasteiger partial charge in [0.05, 0.1) is 0 Å². The number of carboxylic acids is 1. The summed E-state index contributed by atoms with van der Waals surface area (Å²) in [5.41, 5.74) is 6.72. The Morgan fingerprint density at radius 3 is 2.68 bits per heavy atom. The molecule has 1 aliphatic heterocycles. The summed E-state index contributed by atoms with van der Waals surface area (Å²) in [4.78, 5) is 17.6. The number of nitrogens with one attached hydrogen (secondary N) is 1. The summed E-state index contributed by atoms with van der Waals surface area (Å²) in [5.74, 6) is -1.28. The van der Waals surface area contributed by atoms with Crippen LogP contribution in [0.25, 0.3) is 10.9 Å². The number of nitrogens with zero attached hydrogens (tertiary/aromatic N) is 1. The monoisotopic (exact) mass is 334 g/mol. The molecule has 1 atom stereocenters. The van der Waals surface area contributed by atoms with Crippen LogP contribution in [0.3, 0.4) is 0 Å². The molecule has 0 saturated heterocycles. The van der Waals surface area contributed by atoms with E-state index < -0.39 is 11.9 Å². The van der Waals surface area contributed by atoms with E-state index in [0.717, 1.165) is 35.2 Å². The first-order chi connectivity index (χ1) is 12.0. The average molecular weight is 334 g/mol. The summed E-state index contributed by atoms with van der Waals surface area (Å²) < 4.78 is 0. The second-order valence-electron chi connectivity index (χ2n) is 6.99. The SMILES string of the molecule is Cc1ccc2c3c([nH]c2c1C)C(C(=O)O)CN(Cc1ccccc1)C3. The van der Waals surface area contributed by atoms with Crippen LogP contribution in [0.5, 0.6) is 0 Å². The van der Waals surface area contributed by atoms with Crippen molar-refractivity contribution in [1.82, 2.24) is 9.88 Å². The first-order valence-electron chi connectivity index (χ1n) is 8.64. The van der Waals surface area contributed by atoms with Gasteiger partial charge in [0, 0.05) is 36.2 Å². The van der Waals surface area contributed by atoms with Crippen LogP contribution in [0.1, 0.15) is 33.9 Å². The topological polar surface area (TPSA) is 56.3 Å². The van der Waals surface area contributed by atoms with Gasteiger partial charge in [-0.25, -0.2) is 0 Å². The lowest BCUT2D eigenvalue weighted by atomic mass is 9.94. The second kappa shape index (κ2) is 6.05. The van der Waals surface area contributed by atoms with Crippen molar-refractivity contribution in [1.29, 1.82) is 0 Å². The number of fused-ring (bicyclic) bond motifs is 3. The standard InChI is InChI=1S/C21H22N2O2/c1-13-8-9-16-17-11-23(10-15-6-4-3-5-7-15)12-18(21(24)25)20(17)22-19(16)14(13)2/h3-9,18,22H,10-12H2,1-2H3,(H,24,25). The number of aliphatic carboxylic acids is 1. The normalized spacial score (nSPS) is 17.6. The highest BCUT2D eigenvalue weighted by Crippen LogP contribution is 2.36. The van der Waals surface area contributed by atoms with Crippen molar-refractivity contribution in [2.45, 2.75) is 32.9 Å². The van der Waals surface area contributed by atoms with Gasteiger partial charge in [0.1, 0.15) is 5.92 Å². The average Bonchev–Trinajstić information content (AvgIpc) is 2.97. The first kappa shape index (κ1) is 15.9. The van der Waals surface area contributed by atoms with Gasteiger partial charge in [-0.1, -0.05) is 42.5 Å². The molecule has 0 saturated carbocycles. The maximum atomic E-state index is 11.9. The van der Waals surface area contributed by atoms with Crippen molar-refractivity contribution >= 4 is 16.9 Å². The van der Waals surface area contributed by atoms with E-state index >= 15 is 0 Å². The lowest BCUT2D eigenvalue weighted by Crippen LogP contribution is -2.36. The molecule has 3 aromatic rings. The Morgan fingerprint density at radius 2 is 1.96 bits per heavy atom. The molecule has 0 fully saturated rings. The third kappa shape index (κ3) is 2.72. The van der Waals surface area contributed by atoms with Crippen molar-refractivity contribution < 1.29 is 9.90 Å². The molecule has 0 spiro atoms. The third-order valence-electron chi connectivity index (χ3n) is 5.36. The molecule has 128 valence electrons. The maximum absolute atomic E-state index is 11.9. The minimum absolute atomic E-state index is 0.514. The van der Waals surface area contributed by atoms with Crippen molar-refractivity contribution in [3.05, 3.63) is 70.4 Å². The number of benzene rings is 2. The van der Waals surface area contributed by atoms with Gasteiger partial charge in [-0.15, -0.1) is 0 Å². The lowest BCUT2D eigenvalue weighted by molar-refractivity contribution is -0.139. The van der Waals surface area contributed by atoms with Crippen LogP contribution in [0.15, 0.2) is 42.5 Å². The highest BCUT2D eigenvalue weighted by atomic mass is 16.4. The number of carboxylic acid groups (broad SMARTS) is 1. The van der Waals surface area contributed by atoms with E-state index in [-0.39, 0.29) is 0 Å². The van der Waals surface area contributed by atoms with E-state index in [0.29, 0.717) is 6.54 Å². The van der Waals surface area contributed by atoms with Crippen molar-refractivity contribution in [2.75, 3.05) is 6.54 Å². The van der Waals surface area contributed by atoms with Gasteiger partial charge in [-0.3, -0.25) is 9.69 Å². The molecular weight excluding hydrogens is 312 g/mol. The second-order valence-corrected chi connectivity index (χ2v) is 6.99. The highest BCUT2D eigenvalue weighted by molar-refractivity contribution is 5.91. The maximum Gasteiger partial charge on any atom is 0.313 e. The van der Waals surface area contributed by atoms with Crippen LogP contribution in [-0.4, -0.2) is 27.5 Å². The quantitative estimate of drug-likeness (QED) is 0.762. The molecule has 25 heavy (non-hydrogen) atoms. The summed E-state index contributed by atoms with van der Waals surface area (Å²) >= 11 is 0. The van der Waals surface area contributed by atoms with E-state index in [4.69, 9.17) is 0 Å². The summed E-state index contributed by atoms with van der Waals surface area (Å²) in [6, 6.07) is 14.5. The molecule has 1 aromatic heterocycles. The van der Waals surface area contributed by atoms with E-state index in [1.807, 2.05) is 18.2 Å². The van der Waals surface area contributed by atoms with E-state index in [2.05, 4.69) is 48.0 Å². The van der Waals surface area contributed by atoms with Crippen molar-refractivity contribution in [2.24, 2.45) is 0 Å². The zero-order valence-corrected chi connectivity index (χ0v) is 14.5. The molecule has 4 nitrogen and oxygen atoms in total. The number of hydrogen-bond donors (Lipinski definition) is 2. The largest absolute Gasteiger partial charge is 0.481 e. The highest BCUT2D eigenvalue weighted by Gasteiger charge is 2.33. The Kier molecular flexibility index (Phi) is 3.85. The van der Waals surface area contributed by atoms with Gasteiger partial charge in [-0.05, 0) is 36.1 Å². The van der Waals surface area contributed by atoms with Gasteiger partial charge in [0.2, 0.25) is 0 Å². The van der Waals surface area contributed by atoms with Crippen LogP contribution in [0.2, 0.25) is 0 Å². The molecule has 2 heterocycles. The van der Waals surface area contributed by atoms with Crippen LogP contribution >= 0.6 is 0 Å². The minimum Gasteiger partial charge on any atom is -0.481 e. The Hall–Kier alpha value is -2.59. The first-order valence-corrected chi connectivity index (χ1v) is 8.64. The number of aromatic nitrogens is 1. The molecule has 0 radical (unpaired) electrons. The van der Waals surface area contributed by atoms with Crippen LogP contribution in [0, 0.1) is 13.8 Å². The molecule has 4 heteroatoms. The minimum atomic E-state index is -0.764. The van der Waals surface area contributed by atoms with E-state index in [1.165, 1.54) is 16.7 Å². The predicted molar refractivity (Wildman–Crippen MR) is 98.7 cm³/mol. The number of aryl methyl sites for hydroxylation is 2. The fraction of sp³-hybridized carbons (Fsp3) is 0.286. The summed E-state index contributed by atoms with van der Waals surface area (Å²) in [6.45, 7) is 6.25. The number of aromatic amines is 1. The zero-order valence-electron chi connectivity index (χ0n) is 14.5. The fourth-order valence-electron chi connectivity index (χ4n) is 3.85. The third-order valence-corrected chi connectivity index (χ3v) is 5.36.